The molecule has 2 rings (SSSR count). The van der Waals surface area contributed by atoms with Crippen LogP contribution < -0.4 is 9.47 Å². The molecule has 0 saturated carbocycles. The molecule has 0 bridgehead atoms. The van der Waals surface area contributed by atoms with Gasteiger partial charge in [-0.3, -0.25) is 0 Å². The van der Waals surface area contributed by atoms with E-state index in [0.29, 0.717) is 11.9 Å². The van der Waals surface area contributed by atoms with Crippen molar-refractivity contribution in [2.45, 2.75) is 18.9 Å². The van der Waals surface area contributed by atoms with E-state index < -0.39 is 0 Å². The van der Waals surface area contributed by atoms with Gasteiger partial charge in [0.25, 0.3) is 0 Å². The summed E-state index contributed by atoms with van der Waals surface area (Å²) in [6, 6.07) is 11.8. The van der Waals surface area contributed by atoms with Crippen LogP contribution in [0.2, 0.25) is 5.02 Å². The highest BCUT2D eigenvalue weighted by Crippen LogP contribution is 2.33. The van der Waals surface area contributed by atoms with Crippen LogP contribution in [0.5, 0.6) is 11.5 Å². The predicted molar refractivity (Wildman–Crippen MR) is 86.1 cm³/mol. The molecular formula is C16H16BrClO2. The second kappa shape index (κ2) is 7.00. The molecule has 0 fully saturated rings. The lowest BCUT2D eigenvalue weighted by Gasteiger charge is -2.14. The third-order valence-electron chi connectivity index (χ3n) is 3.00. The standard InChI is InChI=1S/C16H16BrClO2/c1-11-6-7-13(14(18)8-11)10-20-16-12(9-17)4-3-5-15(16)19-2/h3-8H,9-10H2,1-2H3. The van der Waals surface area contributed by atoms with E-state index >= 15 is 0 Å². The van der Waals surface area contributed by atoms with E-state index in [4.69, 9.17) is 21.1 Å². The highest BCUT2D eigenvalue weighted by Gasteiger charge is 2.11. The van der Waals surface area contributed by atoms with Crippen molar-refractivity contribution in [2.75, 3.05) is 7.11 Å². The number of benzene rings is 2. The van der Waals surface area contributed by atoms with Crippen molar-refractivity contribution in [1.29, 1.82) is 0 Å². The Kier molecular flexibility index (Phi) is 5.32. The Labute approximate surface area is 132 Å². The molecule has 0 aliphatic rings. The maximum atomic E-state index is 6.22. The zero-order valence-electron chi connectivity index (χ0n) is 11.5. The van der Waals surface area contributed by atoms with Gasteiger partial charge in [-0.05, 0) is 24.6 Å². The molecule has 0 amide bonds. The van der Waals surface area contributed by atoms with Gasteiger partial charge in [0.15, 0.2) is 11.5 Å². The van der Waals surface area contributed by atoms with Crippen molar-refractivity contribution < 1.29 is 9.47 Å². The minimum Gasteiger partial charge on any atom is -0.493 e. The second-order valence-electron chi connectivity index (χ2n) is 4.47. The number of ether oxygens (including phenoxy) is 2. The van der Waals surface area contributed by atoms with Crippen LogP contribution in [0, 0.1) is 6.92 Å². The van der Waals surface area contributed by atoms with Crippen LogP contribution in [0.3, 0.4) is 0 Å². The maximum absolute atomic E-state index is 6.22. The largest absolute Gasteiger partial charge is 0.493 e. The SMILES string of the molecule is COc1cccc(CBr)c1OCc1ccc(C)cc1Cl. The molecule has 0 unspecified atom stereocenters. The summed E-state index contributed by atoms with van der Waals surface area (Å²) in [4.78, 5) is 0. The Morgan fingerprint density at radius 1 is 1.15 bits per heavy atom. The van der Waals surface area contributed by atoms with E-state index in [1.54, 1.807) is 7.11 Å². The molecule has 0 aliphatic heterocycles. The van der Waals surface area contributed by atoms with Crippen molar-refractivity contribution in [3.8, 4) is 11.5 Å². The van der Waals surface area contributed by atoms with Crippen LogP contribution in [0.15, 0.2) is 36.4 Å². The average molecular weight is 356 g/mol. The van der Waals surface area contributed by atoms with Gasteiger partial charge in [-0.2, -0.15) is 0 Å². The van der Waals surface area contributed by atoms with Crippen molar-refractivity contribution in [1.82, 2.24) is 0 Å². The van der Waals surface area contributed by atoms with Gasteiger partial charge in [0.05, 0.1) is 7.11 Å². The Morgan fingerprint density at radius 2 is 1.95 bits per heavy atom. The Hall–Kier alpha value is -1.19. The fraction of sp³-hybridized carbons (Fsp3) is 0.250. The van der Waals surface area contributed by atoms with Crippen molar-refractivity contribution in [2.24, 2.45) is 0 Å². The number of alkyl halides is 1. The van der Waals surface area contributed by atoms with Crippen molar-refractivity contribution in [3.05, 3.63) is 58.1 Å². The molecule has 2 aromatic rings. The lowest BCUT2D eigenvalue weighted by molar-refractivity contribution is 0.282. The molecular weight excluding hydrogens is 340 g/mol. The minimum atomic E-state index is 0.416. The quantitative estimate of drug-likeness (QED) is 0.692. The number of rotatable bonds is 5. The summed E-state index contributed by atoms with van der Waals surface area (Å²) >= 11 is 9.68. The maximum Gasteiger partial charge on any atom is 0.165 e. The van der Waals surface area contributed by atoms with E-state index in [1.807, 2.05) is 43.3 Å². The van der Waals surface area contributed by atoms with E-state index in [0.717, 1.165) is 33.2 Å². The zero-order valence-corrected chi connectivity index (χ0v) is 13.8. The molecule has 0 aliphatic carbocycles. The van der Waals surface area contributed by atoms with Gasteiger partial charge in [0.1, 0.15) is 6.61 Å². The van der Waals surface area contributed by atoms with Crippen LogP contribution >= 0.6 is 27.5 Å². The van der Waals surface area contributed by atoms with Gasteiger partial charge in [0, 0.05) is 21.5 Å². The second-order valence-corrected chi connectivity index (χ2v) is 5.43. The summed E-state index contributed by atoms with van der Waals surface area (Å²) in [5, 5.41) is 1.43. The molecule has 2 aromatic carbocycles. The Bertz CT molecular complexity index is 577. The molecule has 2 nitrogen and oxygen atoms in total. The molecule has 106 valence electrons. The van der Waals surface area contributed by atoms with Gasteiger partial charge in [-0.25, -0.2) is 0 Å². The monoisotopic (exact) mass is 354 g/mol. The van der Waals surface area contributed by atoms with Crippen molar-refractivity contribution >= 4 is 27.5 Å². The molecule has 0 heterocycles. The third kappa shape index (κ3) is 3.47. The van der Waals surface area contributed by atoms with Gasteiger partial charge < -0.3 is 9.47 Å². The highest BCUT2D eigenvalue weighted by molar-refractivity contribution is 9.08. The Balaban J connectivity index is 2.22. The number of hydrogen-bond acceptors (Lipinski definition) is 2. The number of methoxy groups -OCH3 is 1. The zero-order chi connectivity index (χ0) is 14.5. The molecule has 0 saturated heterocycles. The van der Waals surface area contributed by atoms with Gasteiger partial charge >= 0.3 is 0 Å². The molecule has 4 heteroatoms. The van der Waals surface area contributed by atoms with Gasteiger partial charge in [-0.15, -0.1) is 0 Å². The van der Waals surface area contributed by atoms with Crippen LogP contribution in [0.4, 0.5) is 0 Å². The molecule has 0 radical (unpaired) electrons. The number of aryl methyl sites for hydroxylation is 1. The Morgan fingerprint density at radius 3 is 2.60 bits per heavy atom. The van der Waals surface area contributed by atoms with Crippen LogP contribution in [-0.4, -0.2) is 7.11 Å². The molecule has 0 N–H and O–H groups in total. The summed E-state index contributed by atoms with van der Waals surface area (Å²) in [5.41, 5.74) is 3.15. The van der Waals surface area contributed by atoms with Gasteiger partial charge in [0.2, 0.25) is 0 Å². The first-order valence-corrected chi connectivity index (χ1v) is 7.75. The van der Waals surface area contributed by atoms with Gasteiger partial charge in [-0.1, -0.05) is 51.8 Å². The highest BCUT2D eigenvalue weighted by atomic mass is 79.9. The predicted octanol–water partition coefficient (Wildman–Crippen LogP) is 5.13. The number of halogens is 2. The lowest BCUT2D eigenvalue weighted by Crippen LogP contribution is -2.01. The normalized spacial score (nSPS) is 10.4. The number of para-hydroxylation sites is 1. The summed E-state index contributed by atoms with van der Waals surface area (Å²) in [6.07, 6.45) is 0. The molecule has 0 atom stereocenters. The lowest BCUT2D eigenvalue weighted by atomic mass is 10.1. The molecule has 20 heavy (non-hydrogen) atoms. The first-order chi connectivity index (χ1) is 9.65. The van der Waals surface area contributed by atoms with E-state index in [9.17, 15) is 0 Å². The average Bonchev–Trinajstić information content (AvgIpc) is 2.46. The fourth-order valence-electron chi connectivity index (χ4n) is 1.91. The minimum absolute atomic E-state index is 0.416. The van der Waals surface area contributed by atoms with Crippen molar-refractivity contribution in [3.63, 3.8) is 0 Å². The number of hydrogen-bond donors (Lipinski definition) is 0. The summed E-state index contributed by atoms with van der Waals surface area (Å²) < 4.78 is 11.3. The van der Waals surface area contributed by atoms with E-state index in [2.05, 4.69) is 15.9 Å². The summed E-state index contributed by atoms with van der Waals surface area (Å²) in [5.74, 6) is 1.48. The molecule has 0 aromatic heterocycles. The topological polar surface area (TPSA) is 18.5 Å². The van der Waals surface area contributed by atoms with Crippen LogP contribution in [-0.2, 0) is 11.9 Å². The third-order valence-corrected chi connectivity index (χ3v) is 3.96. The summed E-state index contributed by atoms with van der Waals surface area (Å²) in [6.45, 7) is 2.43. The van der Waals surface area contributed by atoms with E-state index in [1.165, 1.54) is 0 Å². The van der Waals surface area contributed by atoms with Crippen LogP contribution in [0.25, 0.3) is 0 Å². The van der Waals surface area contributed by atoms with E-state index in [-0.39, 0.29) is 0 Å². The first kappa shape index (κ1) is 15.2. The first-order valence-electron chi connectivity index (χ1n) is 6.25. The molecule has 0 spiro atoms. The summed E-state index contributed by atoms with van der Waals surface area (Å²) in [7, 11) is 1.64. The fourth-order valence-corrected chi connectivity index (χ4v) is 2.64. The van der Waals surface area contributed by atoms with Crippen LogP contribution in [0.1, 0.15) is 16.7 Å². The smallest absolute Gasteiger partial charge is 0.165 e.